The summed E-state index contributed by atoms with van der Waals surface area (Å²) in [6, 6.07) is 0. The van der Waals surface area contributed by atoms with Gasteiger partial charge in [-0.2, -0.15) is 0 Å². The fraction of sp³-hybridized carbons (Fsp3) is 0.900. The van der Waals surface area contributed by atoms with Crippen molar-refractivity contribution in [1.29, 1.82) is 0 Å². The molecule has 0 aliphatic carbocycles. The molecule has 12 heavy (non-hydrogen) atoms. The van der Waals surface area contributed by atoms with Crippen molar-refractivity contribution in [1.82, 2.24) is 0 Å². The van der Waals surface area contributed by atoms with E-state index in [0.29, 0.717) is 0 Å². The summed E-state index contributed by atoms with van der Waals surface area (Å²) in [4.78, 5) is 0. The normalized spacial score (nSPS) is 10.5. The summed E-state index contributed by atoms with van der Waals surface area (Å²) in [6.07, 6.45) is 6.84. The van der Waals surface area contributed by atoms with Crippen molar-refractivity contribution in [2.45, 2.75) is 38.5 Å². The Morgan fingerprint density at radius 2 is 1.58 bits per heavy atom. The van der Waals surface area contributed by atoms with Gasteiger partial charge in [0.05, 0.1) is 0 Å². The largest absolute Gasteiger partial charge is 0.381 e. The van der Waals surface area contributed by atoms with Gasteiger partial charge in [0.15, 0.2) is 0 Å². The van der Waals surface area contributed by atoms with Gasteiger partial charge in [0, 0.05) is 13.2 Å². The first-order valence-electron chi connectivity index (χ1n) is 4.99. The van der Waals surface area contributed by atoms with Gasteiger partial charge in [0.2, 0.25) is 0 Å². The third kappa shape index (κ3) is 9.92. The molecule has 0 unspecified atom stereocenters. The highest BCUT2D eigenvalue weighted by atomic mass is 16.5. The summed E-state index contributed by atoms with van der Waals surface area (Å²) in [6.45, 7) is 6.38. The quantitative estimate of drug-likeness (QED) is 0.541. The minimum absolute atomic E-state index is 0.807. The number of ether oxygens (including phenoxy) is 1. The molecule has 0 amide bonds. The van der Waals surface area contributed by atoms with Crippen LogP contribution in [0.25, 0.3) is 0 Å². The summed E-state index contributed by atoms with van der Waals surface area (Å²) in [7, 11) is 0. The molecule has 0 aliphatic heterocycles. The monoisotopic (exact) mass is 172 g/mol. The lowest BCUT2D eigenvalue weighted by atomic mass is 10.2. The first-order valence-corrected chi connectivity index (χ1v) is 4.99. The van der Waals surface area contributed by atoms with Crippen LogP contribution in [-0.2, 0) is 4.74 Å². The summed E-state index contributed by atoms with van der Waals surface area (Å²) in [5, 5.41) is 0. The average Bonchev–Trinajstić information content (AvgIpc) is 2.10. The van der Waals surface area contributed by atoms with Crippen molar-refractivity contribution in [3.63, 3.8) is 0 Å². The molecule has 0 fully saturated rings. The predicted molar refractivity (Wildman–Crippen MR) is 52.9 cm³/mol. The molecular formula is C10H22NO. The Labute approximate surface area is 76.5 Å². The van der Waals surface area contributed by atoms with Crippen LogP contribution >= 0.6 is 0 Å². The van der Waals surface area contributed by atoms with Gasteiger partial charge >= 0.3 is 0 Å². The predicted octanol–water partition coefficient (Wildman–Crippen LogP) is 2.14. The van der Waals surface area contributed by atoms with Crippen molar-refractivity contribution in [2.24, 2.45) is 5.73 Å². The zero-order valence-corrected chi connectivity index (χ0v) is 8.06. The van der Waals surface area contributed by atoms with Crippen molar-refractivity contribution >= 4 is 0 Å². The highest BCUT2D eigenvalue weighted by Gasteiger charge is 1.89. The fourth-order valence-corrected chi connectivity index (χ4v) is 1.01. The van der Waals surface area contributed by atoms with E-state index in [4.69, 9.17) is 10.5 Å². The van der Waals surface area contributed by atoms with E-state index in [1.807, 2.05) is 0 Å². The molecule has 0 bridgehead atoms. The molecule has 0 aromatic rings. The third-order valence-corrected chi connectivity index (χ3v) is 1.78. The molecule has 0 rings (SSSR count). The highest BCUT2D eigenvalue weighted by molar-refractivity contribution is 4.44. The zero-order chi connectivity index (χ0) is 9.07. The molecule has 2 nitrogen and oxygen atoms in total. The zero-order valence-electron chi connectivity index (χ0n) is 8.06. The van der Waals surface area contributed by atoms with Crippen molar-refractivity contribution in [3.05, 3.63) is 6.92 Å². The van der Waals surface area contributed by atoms with Gasteiger partial charge in [0.25, 0.3) is 0 Å². The van der Waals surface area contributed by atoms with Gasteiger partial charge in [-0.05, 0) is 32.2 Å². The second-order valence-electron chi connectivity index (χ2n) is 3.02. The van der Waals surface area contributed by atoms with E-state index >= 15 is 0 Å². The molecule has 1 radical (unpaired) electrons. The summed E-state index contributed by atoms with van der Waals surface area (Å²) in [5.74, 6) is 0. The molecule has 0 heterocycles. The van der Waals surface area contributed by atoms with Crippen molar-refractivity contribution in [2.75, 3.05) is 19.8 Å². The summed E-state index contributed by atoms with van der Waals surface area (Å²) >= 11 is 0. The molecular weight excluding hydrogens is 150 g/mol. The first-order chi connectivity index (χ1) is 5.91. The maximum Gasteiger partial charge on any atom is 0.0466 e. The second-order valence-corrected chi connectivity index (χ2v) is 3.02. The van der Waals surface area contributed by atoms with Crippen LogP contribution in [0.5, 0.6) is 0 Å². The lowest BCUT2D eigenvalue weighted by molar-refractivity contribution is 0.126. The molecule has 0 atom stereocenters. The van der Waals surface area contributed by atoms with E-state index in [1.165, 1.54) is 12.8 Å². The van der Waals surface area contributed by atoms with Crippen LogP contribution in [0, 0.1) is 6.92 Å². The third-order valence-electron chi connectivity index (χ3n) is 1.78. The second kappa shape index (κ2) is 10.9. The lowest BCUT2D eigenvalue weighted by Gasteiger charge is -2.02. The Hall–Kier alpha value is -0.0800. The van der Waals surface area contributed by atoms with E-state index in [1.54, 1.807) is 0 Å². The minimum Gasteiger partial charge on any atom is -0.381 e. The van der Waals surface area contributed by atoms with Crippen LogP contribution in [0.1, 0.15) is 38.5 Å². The van der Waals surface area contributed by atoms with E-state index in [-0.39, 0.29) is 0 Å². The van der Waals surface area contributed by atoms with E-state index in [9.17, 15) is 0 Å². The summed E-state index contributed by atoms with van der Waals surface area (Å²) in [5.41, 5.74) is 5.36. The van der Waals surface area contributed by atoms with Crippen LogP contribution in [0.2, 0.25) is 0 Å². The Morgan fingerprint density at radius 1 is 0.917 bits per heavy atom. The van der Waals surface area contributed by atoms with E-state index < -0.39 is 0 Å². The topological polar surface area (TPSA) is 35.2 Å². The fourth-order valence-electron chi connectivity index (χ4n) is 1.01. The summed E-state index contributed by atoms with van der Waals surface area (Å²) < 4.78 is 5.41. The van der Waals surface area contributed by atoms with E-state index in [0.717, 1.165) is 45.4 Å². The minimum atomic E-state index is 0.807. The number of rotatable bonds is 9. The number of hydrogen-bond acceptors (Lipinski definition) is 2. The van der Waals surface area contributed by atoms with Gasteiger partial charge in [-0.15, -0.1) is 0 Å². The van der Waals surface area contributed by atoms with Crippen LogP contribution in [0.3, 0.4) is 0 Å². The maximum atomic E-state index is 5.41. The molecule has 0 spiro atoms. The Morgan fingerprint density at radius 3 is 2.17 bits per heavy atom. The van der Waals surface area contributed by atoms with Gasteiger partial charge in [0.1, 0.15) is 0 Å². The maximum absolute atomic E-state index is 5.41. The number of hydrogen-bond donors (Lipinski definition) is 1. The van der Waals surface area contributed by atoms with Gasteiger partial charge < -0.3 is 10.5 Å². The highest BCUT2D eigenvalue weighted by Crippen LogP contribution is 1.97. The number of unbranched alkanes of at least 4 members (excludes halogenated alkanes) is 4. The Balaban J connectivity index is 2.73. The lowest BCUT2D eigenvalue weighted by Crippen LogP contribution is -2.00. The smallest absolute Gasteiger partial charge is 0.0466 e. The van der Waals surface area contributed by atoms with Crippen LogP contribution in [0.4, 0.5) is 0 Å². The molecule has 0 saturated carbocycles. The molecule has 0 aliphatic rings. The van der Waals surface area contributed by atoms with Crippen LogP contribution in [-0.4, -0.2) is 19.8 Å². The van der Waals surface area contributed by atoms with Crippen molar-refractivity contribution < 1.29 is 4.74 Å². The van der Waals surface area contributed by atoms with Crippen LogP contribution < -0.4 is 5.73 Å². The molecule has 2 heteroatoms. The molecule has 0 aromatic heterocycles. The molecule has 2 N–H and O–H groups in total. The Kier molecular flexibility index (Phi) is 10.8. The van der Waals surface area contributed by atoms with Gasteiger partial charge in [-0.3, -0.25) is 0 Å². The van der Waals surface area contributed by atoms with E-state index in [2.05, 4.69) is 6.92 Å². The molecule has 0 saturated heterocycles. The van der Waals surface area contributed by atoms with Crippen molar-refractivity contribution in [3.8, 4) is 0 Å². The molecule has 73 valence electrons. The standard InChI is InChI=1S/C10H22NO/c1-2-3-6-9-12-10-7-4-5-8-11/h1-11H2. The first kappa shape index (κ1) is 11.9. The Bertz CT molecular complexity index is 66.2. The number of nitrogens with two attached hydrogens (primary N) is 1. The van der Waals surface area contributed by atoms with Gasteiger partial charge in [-0.25, -0.2) is 0 Å². The SMILES string of the molecule is [CH2]CCCCOCCCCCN. The van der Waals surface area contributed by atoms with Gasteiger partial charge in [-0.1, -0.05) is 19.8 Å². The average molecular weight is 172 g/mol. The van der Waals surface area contributed by atoms with Crippen LogP contribution in [0.15, 0.2) is 0 Å². The molecule has 0 aromatic carbocycles.